The number of nitrogens with zero attached hydrogens (tertiary/aromatic N) is 1. The molecule has 1 aliphatic rings. The fourth-order valence-electron chi connectivity index (χ4n) is 2.68. The molecule has 1 aromatic heterocycles. The van der Waals surface area contributed by atoms with E-state index < -0.39 is 0 Å². The molecule has 2 N–H and O–H groups in total. The molecule has 0 spiro atoms. The second kappa shape index (κ2) is 4.86. The van der Waals surface area contributed by atoms with Gasteiger partial charge in [-0.2, -0.15) is 0 Å². The summed E-state index contributed by atoms with van der Waals surface area (Å²) in [5.74, 6) is 1.65. The Kier molecular flexibility index (Phi) is 3.07. The minimum absolute atomic E-state index is 0.600. The van der Waals surface area contributed by atoms with Gasteiger partial charge >= 0.3 is 0 Å². The van der Waals surface area contributed by atoms with Crippen LogP contribution in [0.25, 0.3) is 0 Å². The van der Waals surface area contributed by atoms with Crippen LogP contribution in [0.1, 0.15) is 23.7 Å². The first kappa shape index (κ1) is 11.4. The molecule has 0 amide bonds. The van der Waals surface area contributed by atoms with Crippen LogP contribution in [0.15, 0.2) is 47.1 Å². The molecule has 1 atom stereocenters. The third-order valence-electron chi connectivity index (χ3n) is 3.61. The van der Waals surface area contributed by atoms with E-state index in [4.69, 9.17) is 10.2 Å². The Morgan fingerprint density at radius 1 is 1.28 bits per heavy atom. The van der Waals surface area contributed by atoms with Crippen molar-refractivity contribution in [2.24, 2.45) is 0 Å². The Morgan fingerprint density at radius 2 is 2.22 bits per heavy atom. The molecule has 1 fully saturated rings. The average Bonchev–Trinajstić information content (AvgIpc) is 3.01. The fourth-order valence-corrected chi connectivity index (χ4v) is 2.68. The molecule has 0 radical (unpaired) electrons. The van der Waals surface area contributed by atoms with Crippen molar-refractivity contribution in [3.05, 3.63) is 54.0 Å². The number of hydrogen-bond donors (Lipinski definition) is 1. The molecule has 0 saturated carbocycles. The number of nitrogens with two attached hydrogens (primary N) is 1. The summed E-state index contributed by atoms with van der Waals surface area (Å²) < 4.78 is 5.39. The zero-order chi connectivity index (χ0) is 12.4. The van der Waals surface area contributed by atoms with Gasteiger partial charge in [0.2, 0.25) is 0 Å². The highest BCUT2D eigenvalue weighted by molar-refractivity contribution is 5.42. The van der Waals surface area contributed by atoms with Gasteiger partial charge in [0.1, 0.15) is 5.76 Å². The van der Waals surface area contributed by atoms with Crippen molar-refractivity contribution >= 4 is 5.69 Å². The minimum atomic E-state index is 0.600. The summed E-state index contributed by atoms with van der Waals surface area (Å²) in [6.45, 7) is 3.12. The molecule has 2 aromatic rings. The van der Waals surface area contributed by atoms with Crippen LogP contribution >= 0.6 is 0 Å². The van der Waals surface area contributed by atoms with Gasteiger partial charge in [0.25, 0.3) is 0 Å². The van der Waals surface area contributed by atoms with Crippen LogP contribution in [0.5, 0.6) is 0 Å². The van der Waals surface area contributed by atoms with Crippen molar-refractivity contribution in [3.63, 3.8) is 0 Å². The molecule has 1 saturated heterocycles. The molecule has 2 heterocycles. The smallest absolute Gasteiger partial charge is 0.117 e. The van der Waals surface area contributed by atoms with Gasteiger partial charge in [-0.15, -0.1) is 0 Å². The third-order valence-corrected chi connectivity index (χ3v) is 3.61. The zero-order valence-corrected chi connectivity index (χ0v) is 10.4. The Bertz CT molecular complexity index is 507. The first-order valence-electron chi connectivity index (χ1n) is 6.41. The van der Waals surface area contributed by atoms with Crippen LogP contribution in [-0.4, -0.2) is 18.0 Å². The molecule has 0 bridgehead atoms. The van der Waals surface area contributed by atoms with Crippen molar-refractivity contribution in [3.8, 4) is 0 Å². The third kappa shape index (κ3) is 2.41. The quantitative estimate of drug-likeness (QED) is 0.841. The van der Waals surface area contributed by atoms with Gasteiger partial charge in [-0.3, -0.25) is 4.90 Å². The van der Waals surface area contributed by atoms with Crippen molar-refractivity contribution in [1.82, 2.24) is 4.90 Å². The lowest BCUT2D eigenvalue weighted by Gasteiger charge is -2.14. The van der Waals surface area contributed by atoms with Gasteiger partial charge in [0.15, 0.2) is 0 Å². The van der Waals surface area contributed by atoms with E-state index in [1.807, 2.05) is 24.3 Å². The monoisotopic (exact) mass is 242 g/mol. The van der Waals surface area contributed by atoms with E-state index >= 15 is 0 Å². The highest BCUT2D eigenvalue weighted by Crippen LogP contribution is 2.29. The van der Waals surface area contributed by atoms with Crippen LogP contribution in [0.4, 0.5) is 5.69 Å². The lowest BCUT2D eigenvalue weighted by Crippen LogP contribution is -2.19. The zero-order valence-electron chi connectivity index (χ0n) is 10.4. The Morgan fingerprint density at radius 3 is 3.00 bits per heavy atom. The van der Waals surface area contributed by atoms with Crippen molar-refractivity contribution in [2.45, 2.75) is 18.9 Å². The van der Waals surface area contributed by atoms with E-state index in [1.165, 1.54) is 12.0 Å². The number of likely N-dealkylation sites (tertiary alicyclic amines) is 1. The number of hydrogen-bond acceptors (Lipinski definition) is 3. The van der Waals surface area contributed by atoms with Gasteiger partial charge < -0.3 is 10.2 Å². The predicted molar refractivity (Wildman–Crippen MR) is 72.2 cm³/mol. The van der Waals surface area contributed by atoms with E-state index in [-0.39, 0.29) is 0 Å². The van der Waals surface area contributed by atoms with E-state index in [9.17, 15) is 0 Å². The lowest BCUT2D eigenvalue weighted by molar-refractivity contribution is 0.294. The molecule has 18 heavy (non-hydrogen) atoms. The summed E-state index contributed by atoms with van der Waals surface area (Å²) >= 11 is 0. The number of anilines is 1. The van der Waals surface area contributed by atoms with Gasteiger partial charge in [-0.1, -0.05) is 12.1 Å². The van der Waals surface area contributed by atoms with E-state index in [0.29, 0.717) is 5.92 Å². The molecule has 1 aromatic carbocycles. The summed E-state index contributed by atoms with van der Waals surface area (Å²) in [7, 11) is 0. The van der Waals surface area contributed by atoms with Gasteiger partial charge in [-0.25, -0.2) is 0 Å². The van der Waals surface area contributed by atoms with Crippen LogP contribution < -0.4 is 5.73 Å². The molecule has 1 unspecified atom stereocenters. The van der Waals surface area contributed by atoms with Crippen molar-refractivity contribution < 1.29 is 4.42 Å². The number of nitrogen functional groups attached to an aromatic ring is 1. The second-order valence-corrected chi connectivity index (χ2v) is 4.97. The topological polar surface area (TPSA) is 42.4 Å². The number of rotatable bonds is 3. The highest BCUT2D eigenvalue weighted by atomic mass is 16.3. The maximum Gasteiger partial charge on any atom is 0.117 e. The second-order valence-electron chi connectivity index (χ2n) is 4.97. The normalized spacial score (nSPS) is 20.3. The van der Waals surface area contributed by atoms with Crippen molar-refractivity contribution in [1.29, 1.82) is 0 Å². The van der Waals surface area contributed by atoms with Gasteiger partial charge in [-0.05, 0) is 48.7 Å². The summed E-state index contributed by atoms with van der Waals surface area (Å²) in [4.78, 5) is 2.44. The van der Waals surface area contributed by atoms with Gasteiger partial charge in [0, 0.05) is 12.2 Å². The van der Waals surface area contributed by atoms with E-state index in [2.05, 4.69) is 17.0 Å². The Hall–Kier alpha value is -1.74. The predicted octanol–water partition coefficient (Wildman–Crippen LogP) is 2.85. The molecular weight excluding hydrogens is 224 g/mol. The molecule has 1 aliphatic heterocycles. The highest BCUT2D eigenvalue weighted by Gasteiger charge is 2.24. The van der Waals surface area contributed by atoms with E-state index in [0.717, 1.165) is 31.1 Å². The summed E-state index contributed by atoms with van der Waals surface area (Å²) in [5.41, 5.74) is 8.06. The van der Waals surface area contributed by atoms with Crippen molar-refractivity contribution in [2.75, 3.05) is 18.8 Å². The summed E-state index contributed by atoms with van der Waals surface area (Å²) in [6.07, 6.45) is 2.94. The van der Waals surface area contributed by atoms with Crippen LogP contribution in [-0.2, 0) is 6.54 Å². The number of furan rings is 1. The first-order valence-corrected chi connectivity index (χ1v) is 6.41. The first-order chi connectivity index (χ1) is 8.81. The fraction of sp³-hybridized carbons (Fsp3) is 0.333. The maximum atomic E-state index is 5.84. The molecular formula is C15H18N2O. The number of benzene rings is 1. The largest absolute Gasteiger partial charge is 0.468 e. The molecule has 3 nitrogen and oxygen atoms in total. The minimum Gasteiger partial charge on any atom is -0.468 e. The summed E-state index contributed by atoms with van der Waals surface area (Å²) in [5, 5.41) is 0. The van der Waals surface area contributed by atoms with Crippen LogP contribution in [0.3, 0.4) is 0 Å². The van der Waals surface area contributed by atoms with Crippen LogP contribution in [0, 0.1) is 0 Å². The van der Waals surface area contributed by atoms with Gasteiger partial charge in [0.05, 0.1) is 12.8 Å². The van der Waals surface area contributed by atoms with E-state index in [1.54, 1.807) is 6.26 Å². The molecule has 3 heteroatoms. The average molecular weight is 242 g/mol. The SMILES string of the molecule is Nc1cccc(C2CCN(Cc3ccco3)C2)c1. The Balaban J connectivity index is 1.65. The molecule has 94 valence electrons. The molecule has 3 rings (SSSR count). The Labute approximate surface area is 107 Å². The van der Waals surface area contributed by atoms with Crippen LogP contribution in [0.2, 0.25) is 0 Å². The summed E-state index contributed by atoms with van der Waals surface area (Å²) in [6, 6.07) is 12.2. The molecule has 0 aliphatic carbocycles. The lowest BCUT2D eigenvalue weighted by atomic mass is 9.98. The maximum absolute atomic E-state index is 5.84. The standard InChI is InChI=1S/C15H18N2O/c16-14-4-1-3-12(9-14)13-6-7-17(10-13)11-15-5-2-8-18-15/h1-5,8-9,13H,6-7,10-11,16H2.